The molecule has 0 bridgehead atoms. The van der Waals surface area contributed by atoms with E-state index in [4.69, 9.17) is 5.73 Å². The van der Waals surface area contributed by atoms with Crippen LogP contribution in [0.25, 0.3) is 0 Å². The smallest absolute Gasteiger partial charge is 0.285 e. The molecule has 2 aromatic rings. The molecule has 29 heavy (non-hydrogen) atoms. The Morgan fingerprint density at radius 2 is 1.93 bits per heavy atom. The van der Waals surface area contributed by atoms with Gasteiger partial charge in [0, 0.05) is 29.9 Å². The van der Waals surface area contributed by atoms with Gasteiger partial charge >= 0.3 is 0 Å². The Morgan fingerprint density at radius 1 is 1.14 bits per heavy atom. The molecule has 0 aromatic heterocycles. The number of hydrogen-bond acceptors (Lipinski definition) is 5. The van der Waals surface area contributed by atoms with E-state index in [0.29, 0.717) is 42.2 Å². The van der Waals surface area contributed by atoms with Crippen molar-refractivity contribution in [2.75, 3.05) is 18.4 Å². The number of piperidine rings is 1. The molecular formula is C20H20N4O4S. The van der Waals surface area contributed by atoms with Gasteiger partial charge < -0.3 is 16.0 Å². The van der Waals surface area contributed by atoms with Gasteiger partial charge in [0.25, 0.3) is 10.0 Å². The van der Waals surface area contributed by atoms with Crippen molar-refractivity contribution in [1.29, 1.82) is 0 Å². The Balaban J connectivity index is 1.51. The number of anilines is 1. The molecular weight excluding hydrogens is 392 g/mol. The molecule has 2 aliphatic rings. The van der Waals surface area contributed by atoms with Gasteiger partial charge in [0.15, 0.2) is 5.84 Å². The lowest BCUT2D eigenvalue weighted by molar-refractivity contribution is -0.121. The van der Waals surface area contributed by atoms with E-state index in [1.54, 1.807) is 42.5 Å². The molecule has 2 heterocycles. The average molecular weight is 412 g/mol. The Hall–Kier alpha value is -3.20. The number of carbonyl (C=O) groups excluding carboxylic acids is 2. The third-order valence-electron chi connectivity index (χ3n) is 5.12. The normalized spacial score (nSPS) is 19.9. The summed E-state index contributed by atoms with van der Waals surface area (Å²) >= 11 is 0. The number of primary amides is 1. The lowest BCUT2D eigenvalue weighted by atomic mass is 9.96. The summed E-state index contributed by atoms with van der Waals surface area (Å²) in [5.74, 6) is -0.692. The van der Waals surface area contributed by atoms with Crippen LogP contribution in [-0.2, 0) is 14.8 Å². The van der Waals surface area contributed by atoms with E-state index < -0.39 is 15.9 Å². The second-order valence-corrected chi connectivity index (χ2v) is 8.68. The predicted molar refractivity (Wildman–Crippen MR) is 108 cm³/mol. The molecule has 2 aromatic carbocycles. The van der Waals surface area contributed by atoms with Gasteiger partial charge in [-0.3, -0.25) is 9.59 Å². The number of amidine groups is 1. The van der Waals surface area contributed by atoms with Crippen molar-refractivity contribution >= 4 is 33.4 Å². The molecule has 0 aliphatic carbocycles. The van der Waals surface area contributed by atoms with Crippen molar-refractivity contribution < 1.29 is 18.0 Å². The number of carbonyl (C=O) groups is 2. The highest BCUT2D eigenvalue weighted by molar-refractivity contribution is 7.90. The van der Waals surface area contributed by atoms with Crippen LogP contribution in [0.1, 0.15) is 28.8 Å². The Morgan fingerprint density at radius 3 is 2.72 bits per heavy atom. The van der Waals surface area contributed by atoms with Crippen molar-refractivity contribution in [2.45, 2.75) is 17.7 Å². The fourth-order valence-corrected chi connectivity index (χ4v) is 4.92. The summed E-state index contributed by atoms with van der Waals surface area (Å²) < 4.78 is 28.6. The van der Waals surface area contributed by atoms with Crippen LogP contribution in [0.2, 0.25) is 0 Å². The molecule has 150 valence electrons. The van der Waals surface area contributed by atoms with Gasteiger partial charge in [0.1, 0.15) is 4.90 Å². The van der Waals surface area contributed by atoms with Gasteiger partial charge in [0.05, 0.1) is 5.92 Å². The monoisotopic (exact) mass is 412 g/mol. The third kappa shape index (κ3) is 3.73. The number of nitrogens with two attached hydrogens (primary N) is 1. The van der Waals surface area contributed by atoms with Crippen LogP contribution >= 0.6 is 0 Å². The predicted octanol–water partition coefficient (Wildman–Crippen LogP) is 1.59. The number of likely N-dealkylation sites (tertiary alicyclic amines) is 1. The second-order valence-electron chi connectivity index (χ2n) is 7.11. The number of amides is 2. The zero-order valence-electron chi connectivity index (χ0n) is 15.5. The molecule has 4 rings (SSSR count). The van der Waals surface area contributed by atoms with Crippen molar-refractivity contribution in [3.8, 4) is 0 Å². The summed E-state index contributed by atoms with van der Waals surface area (Å²) in [6.45, 7) is 0.994. The topological polar surface area (TPSA) is 122 Å². The first-order valence-corrected chi connectivity index (χ1v) is 10.7. The third-order valence-corrected chi connectivity index (χ3v) is 6.44. The summed E-state index contributed by atoms with van der Waals surface area (Å²) in [5.41, 5.74) is 6.67. The number of nitrogens with zero attached hydrogens (tertiary/aromatic N) is 2. The molecule has 9 heteroatoms. The first kappa shape index (κ1) is 19.1. The summed E-state index contributed by atoms with van der Waals surface area (Å²) in [5, 5.41) is 2.82. The van der Waals surface area contributed by atoms with Crippen LogP contribution in [0.15, 0.2) is 57.8 Å². The Kier molecular flexibility index (Phi) is 4.83. The fraction of sp³-hybridized carbons (Fsp3) is 0.250. The summed E-state index contributed by atoms with van der Waals surface area (Å²) in [6.07, 6.45) is 1.42. The molecule has 0 spiro atoms. The maximum absolute atomic E-state index is 12.8. The van der Waals surface area contributed by atoms with Gasteiger partial charge in [-0.25, -0.2) is 0 Å². The fourth-order valence-electron chi connectivity index (χ4n) is 3.69. The number of sulfonamides is 1. The van der Waals surface area contributed by atoms with E-state index in [1.165, 1.54) is 6.07 Å². The molecule has 0 radical (unpaired) electrons. The largest absolute Gasteiger partial charge is 0.366 e. The van der Waals surface area contributed by atoms with Gasteiger partial charge in [0.2, 0.25) is 11.8 Å². The van der Waals surface area contributed by atoms with Crippen LogP contribution in [0.4, 0.5) is 5.69 Å². The number of hydrogen-bond donors (Lipinski definition) is 2. The van der Waals surface area contributed by atoms with Crippen molar-refractivity contribution in [3.63, 3.8) is 0 Å². The van der Waals surface area contributed by atoms with E-state index in [0.717, 1.165) is 6.42 Å². The van der Waals surface area contributed by atoms with Crippen LogP contribution < -0.4 is 11.1 Å². The lowest BCUT2D eigenvalue weighted by Crippen LogP contribution is -2.43. The molecule has 8 nitrogen and oxygen atoms in total. The number of rotatable bonds is 3. The van der Waals surface area contributed by atoms with Crippen molar-refractivity contribution in [3.05, 3.63) is 59.7 Å². The maximum atomic E-state index is 12.8. The molecule has 2 aliphatic heterocycles. The van der Waals surface area contributed by atoms with Gasteiger partial charge in [-0.05, 0) is 43.2 Å². The summed E-state index contributed by atoms with van der Waals surface area (Å²) in [4.78, 5) is 26.2. The molecule has 2 amide bonds. The van der Waals surface area contributed by atoms with E-state index in [-0.39, 0.29) is 16.7 Å². The minimum Gasteiger partial charge on any atom is -0.366 e. The Labute approximate surface area is 168 Å². The van der Waals surface area contributed by atoms with Crippen molar-refractivity contribution in [1.82, 2.24) is 4.90 Å². The lowest BCUT2D eigenvalue weighted by Gasteiger charge is -2.33. The van der Waals surface area contributed by atoms with Gasteiger partial charge in [-0.15, -0.1) is 4.40 Å². The average Bonchev–Trinajstić information content (AvgIpc) is 3.00. The standard InChI is InChI=1S/C20H20N4O4S/c21-18(25)13-5-3-7-15(11-13)22-20(26)14-6-4-10-24(12-14)19-16-8-1-2-9-17(16)29(27,28)23-19/h1-3,5,7-9,11,14H,4,6,10,12H2,(H2,21,25)(H,22,26)/t14-/m1/s1. The van der Waals surface area contributed by atoms with E-state index >= 15 is 0 Å². The first-order valence-electron chi connectivity index (χ1n) is 9.25. The van der Waals surface area contributed by atoms with Gasteiger partial charge in [-0.2, -0.15) is 8.42 Å². The van der Waals surface area contributed by atoms with Crippen LogP contribution in [0, 0.1) is 5.92 Å². The Bertz CT molecular complexity index is 1130. The van der Waals surface area contributed by atoms with Crippen LogP contribution in [0.3, 0.4) is 0 Å². The van der Waals surface area contributed by atoms with Crippen molar-refractivity contribution in [2.24, 2.45) is 16.0 Å². The molecule has 0 saturated carbocycles. The molecule has 3 N–H and O–H groups in total. The number of nitrogens with one attached hydrogen (secondary N) is 1. The second kappa shape index (κ2) is 7.32. The van der Waals surface area contributed by atoms with Gasteiger partial charge in [-0.1, -0.05) is 18.2 Å². The minimum atomic E-state index is -3.70. The molecule has 1 saturated heterocycles. The van der Waals surface area contributed by atoms with E-state index in [9.17, 15) is 18.0 Å². The number of benzene rings is 2. The molecule has 1 fully saturated rings. The van der Waals surface area contributed by atoms with E-state index in [2.05, 4.69) is 9.71 Å². The van der Waals surface area contributed by atoms with E-state index in [1.807, 2.05) is 4.90 Å². The van der Waals surface area contributed by atoms with Crippen LogP contribution in [0.5, 0.6) is 0 Å². The summed E-state index contributed by atoms with van der Waals surface area (Å²) in [6, 6.07) is 13.2. The maximum Gasteiger partial charge on any atom is 0.285 e. The summed E-state index contributed by atoms with van der Waals surface area (Å²) in [7, 11) is -3.70. The number of fused-ring (bicyclic) bond motifs is 1. The highest BCUT2D eigenvalue weighted by Gasteiger charge is 2.35. The SMILES string of the molecule is NC(=O)c1cccc(NC(=O)[C@@H]2CCCN(C3=NS(=O)(=O)c4ccccc43)C2)c1. The minimum absolute atomic E-state index is 0.189. The quantitative estimate of drug-likeness (QED) is 0.793. The highest BCUT2D eigenvalue weighted by Crippen LogP contribution is 2.30. The molecule has 1 atom stereocenters. The highest BCUT2D eigenvalue weighted by atomic mass is 32.2. The van der Waals surface area contributed by atoms with Crippen LogP contribution in [-0.4, -0.2) is 44.1 Å². The molecule has 0 unspecified atom stereocenters. The first-order chi connectivity index (χ1) is 13.8. The zero-order chi connectivity index (χ0) is 20.6. The zero-order valence-corrected chi connectivity index (χ0v) is 16.4.